The average molecular weight is 449 g/mol. The summed E-state index contributed by atoms with van der Waals surface area (Å²) < 4.78 is 40.8. The van der Waals surface area contributed by atoms with Gasteiger partial charge in [-0.2, -0.15) is 12.7 Å². The van der Waals surface area contributed by atoms with Gasteiger partial charge in [-0.1, -0.05) is 24.3 Å². The van der Waals surface area contributed by atoms with Crippen LogP contribution >= 0.6 is 0 Å². The van der Waals surface area contributed by atoms with Crippen molar-refractivity contribution in [2.45, 2.75) is 25.9 Å². The summed E-state index contributed by atoms with van der Waals surface area (Å²) in [4.78, 5) is 15.1. The molecule has 1 amide bonds. The van der Waals surface area contributed by atoms with Crippen molar-refractivity contribution >= 4 is 21.8 Å². The van der Waals surface area contributed by atoms with Gasteiger partial charge in [-0.05, 0) is 61.3 Å². The Balaban J connectivity index is 1.70. The van der Waals surface area contributed by atoms with Crippen molar-refractivity contribution < 1.29 is 17.6 Å². The van der Waals surface area contributed by atoms with E-state index in [4.69, 9.17) is 0 Å². The van der Waals surface area contributed by atoms with E-state index in [-0.39, 0.29) is 5.69 Å². The van der Waals surface area contributed by atoms with E-state index in [0.29, 0.717) is 6.54 Å². The van der Waals surface area contributed by atoms with Crippen molar-refractivity contribution in [3.8, 4) is 0 Å². The van der Waals surface area contributed by atoms with Crippen LogP contribution in [0.5, 0.6) is 0 Å². The van der Waals surface area contributed by atoms with Gasteiger partial charge in [0.05, 0.1) is 5.69 Å². The maximum atomic E-state index is 13.3. The zero-order valence-corrected chi connectivity index (χ0v) is 18.7. The number of anilines is 1. The lowest BCUT2D eigenvalue weighted by molar-refractivity contribution is -0.119. The Morgan fingerprint density at radius 3 is 2.26 bits per heavy atom. The minimum Gasteiger partial charge on any atom is -0.350 e. The van der Waals surface area contributed by atoms with E-state index in [1.54, 1.807) is 0 Å². The van der Waals surface area contributed by atoms with Crippen molar-refractivity contribution in [3.63, 3.8) is 0 Å². The third-order valence-corrected chi connectivity index (χ3v) is 7.15. The number of amides is 1. The Kier molecular flexibility index (Phi) is 7.64. The van der Waals surface area contributed by atoms with Crippen LogP contribution in [0, 0.1) is 5.82 Å². The van der Waals surface area contributed by atoms with E-state index in [0.717, 1.165) is 39.4 Å². The summed E-state index contributed by atoms with van der Waals surface area (Å²) in [5.41, 5.74) is 2.38. The summed E-state index contributed by atoms with van der Waals surface area (Å²) in [6.45, 7) is 2.90. The molecule has 7 nitrogen and oxygen atoms in total. The SMILES string of the molecule is CN(C)S(=O)(=O)N(CC(=O)NCc1ccccc1CN1CCCC1)c1ccc(F)cc1. The van der Waals surface area contributed by atoms with Crippen molar-refractivity contribution in [2.24, 2.45) is 0 Å². The number of halogens is 1. The molecular formula is C22H29FN4O3S. The molecule has 1 heterocycles. The van der Waals surface area contributed by atoms with E-state index in [2.05, 4.69) is 16.3 Å². The van der Waals surface area contributed by atoms with Crippen LogP contribution in [-0.2, 0) is 28.1 Å². The second-order valence-electron chi connectivity index (χ2n) is 7.80. The second kappa shape index (κ2) is 10.2. The Hall–Kier alpha value is -2.49. The minimum atomic E-state index is -3.93. The van der Waals surface area contributed by atoms with Gasteiger partial charge < -0.3 is 5.32 Å². The van der Waals surface area contributed by atoms with Crippen molar-refractivity contribution in [3.05, 3.63) is 65.5 Å². The summed E-state index contributed by atoms with van der Waals surface area (Å²) >= 11 is 0. The van der Waals surface area contributed by atoms with E-state index in [1.807, 2.05) is 18.2 Å². The average Bonchev–Trinajstić information content (AvgIpc) is 3.25. The molecule has 1 aliphatic rings. The van der Waals surface area contributed by atoms with Crippen LogP contribution in [0.1, 0.15) is 24.0 Å². The largest absolute Gasteiger partial charge is 0.350 e. The Bertz CT molecular complexity index is 990. The molecule has 31 heavy (non-hydrogen) atoms. The lowest BCUT2D eigenvalue weighted by Crippen LogP contribution is -2.45. The maximum Gasteiger partial charge on any atom is 0.304 e. The number of nitrogens with zero attached hydrogens (tertiary/aromatic N) is 3. The van der Waals surface area contributed by atoms with Gasteiger partial charge in [0.1, 0.15) is 12.4 Å². The maximum absolute atomic E-state index is 13.3. The van der Waals surface area contributed by atoms with Gasteiger partial charge >= 0.3 is 10.2 Å². The van der Waals surface area contributed by atoms with Gasteiger partial charge in [0, 0.05) is 27.2 Å². The fourth-order valence-corrected chi connectivity index (χ4v) is 4.62. The lowest BCUT2D eigenvalue weighted by Gasteiger charge is -2.27. The quantitative estimate of drug-likeness (QED) is 0.639. The molecule has 0 atom stereocenters. The number of hydrogen-bond acceptors (Lipinski definition) is 4. The van der Waals surface area contributed by atoms with Gasteiger partial charge in [-0.25, -0.2) is 8.70 Å². The molecule has 1 N–H and O–H groups in total. The molecule has 0 bridgehead atoms. The molecule has 1 saturated heterocycles. The zero-order chi connectivity index (χ0) is 22.4. The van der Waals surface area contributed by atoms with Crippen LogP contribution < -0.4 is 9.62 Å². The van der Waals surface area contributed by atoms with Gasteiger partial charge in [-0.3, -0.25) is 9.69 Å². The van der Waals surface area contributed by atoms with Crippen LogP contribution in [0.3, 0.4) is 0 Å². The molecule has 1 aliphatic heterocycles. The molecule has 0 spiro atoms. The predicted molar refractivity (Wildman–Crippen MR) is 119 cm³/mol. The van der Waals surface area contributed by atoms with Gasteiger partial charge in [0.2, 0.25) is 5.91 Å². The summed E-state index contributed by atoms with van der Waals surface area (Å²) in [7, 11) is -1.16. The van der Waals surface area contributed by atoms with Crippen LogP contribution in [0.25, 0.3) is 0 Å². The fourth-order valence-electron chi connectivity index (χ4n) is 3.56. The fraction of sp³-hybridized carbons (Fsp3) is 0.409. The lowest BCUT2D eigenvalue weighted by atomic mass is 10.1. The van der Waals surface area contributed by atoms with E-state index in [1.165, 1.54) is 51.2 Å². The third-order valence-electron chi connectivity index (χ3n) is 5.33. The summed E-state index contributed by atoms with van der Waals surface area (Å²) in [6.07, 6.45) is 2.41. The highest BCUT2D eigenvalue weighted by Gasteiger charge is 2.27. The molecule has 2 aromatic rings. The van der Waals surface area contributed by atoms with E-state index in [9.17, 15) is 17.6 Å². The Morgan fingerprint density at radius 2 is 1.65 bits per heavy atom. The van der Waals surface area contributed by atoms with Crippen LogP contribution in [0.4, 0.5) is 10.1 Å². The number of carbonyl (C=O) groups excluding carboxylic acids is 1. The van der Waals surface area contributed by atoms with Crippen molar-refractivity contribution in [1.82, 2.24) is 14.5 Å². The summed E-state index contributed by atoms with van der Waals surface area (Å²) in [5.74, 6) is -0.921. The topological polar surface area (TPSA) is 73.0 Å². The number of likely N-dealkylation sites (tertiary alicyclic amines) is 1. The number of hydrogen-bond donors (Lipinski definition) is 1. The van der Waals surface area contributed by atoms with E-state index >= 15 is 0 Å². The molecule has 168 valence electrons. The molecule has 1 fully saturated rings. The van der Waals surface area contributed by atoms with Crippen LogP contribution in [0.2, 0.25) is 0 Å². The first-order chi connectivity index (χ1) is 14.8. The smallest absolute Gasteiger partial charge is 0.304 e. The van der Waals surface area contributed by atoms with Crippen LogP contribution in [-0.4, -0.2) is 57.3 Å². The summed E-state index contributed by atoms with van der Waals surface area (Å²) in [6, 6.07) is 13.0. The highest BCUT2D eigenvalue weighted by atomic mass is 32.2. The number of nitrogens with one attached hydrogen (secondary N) is 1. The number of carbonyl (C=O) groups is 1. The van der Waals surface area contributed by atoms with Gasteiger partial charge in [0.15, 0.2) is 0 Å². The van der Waals surface area contributed by atoms with Gasteiger partial charge in [0.25, 0.3) is 0 Å². The molecule has 2 aromatic carbocycles. The third kappa shape index (κ3) is 6.03. The minimum absolute atomic E-state index is 0.222. The summed E-state index contributed by atoms with van der Waals surface area (Å²) in [5, 5.41) is 2.83. The normalized spacial score (nSPS) is 14.7. The molecule has 0 unspecified atom stereocenters. The molecule has 3 rings (SSSR count). The molecular weight excluding hydrogens is 419 g/mol. The second-order valence-corrected chi connectivity index (χ2v) is 9.87. The monoisotopic (exact) mass is 448 g/mol. The molecule has 0 aromatic heterocycles. The van der Waals surface area contributed by atoms with Gasteiger partial charge in [-0.15, -0.1) is 0 Å². The zero-order valence-electron chi connectivity index (χ0n) is 17.9. The molecule has 0 saturated carbocycles. The first kappa shape index (κ1) is 23.2. The Labute approximate surface area is 183 Å². The first-order valence-electron chi connectivity index (χ1n) is 10.3. The molecule has 0 aliphatic carbocycles. The Morgan fingerprint density at radius 1 is 1.03 bits per heavy atom. The highest BCUT2D eigenvalue weighted by Crippen LogP contribution is 2.20. The predicted octanol–water partition coefficient (Wildman–Crippen LogP) is 2.35. The number of benzene rings is 2. The van der Waals surface area contributed by atoms with Crippen molar-refractivity contribution in [2.75, 3.05) is 38.0 Å². The highest BCUT2D eigenvalue weighted by molar-refractivity contribution is 7.90. The molecule has 9 heteroatoms. The van der Waals surface area contributed by atoms with Crippen LogP contribution in [0.15, 0.2) is 48.5 Å². The van der Waals surface area contributed by atoms with E-state index < -0.39 is 28.5 Å². The first-order valence-corrected chi connectivity index (χ1v) is 11.7. The van der Waals surface area contributed by atoms with Crippen molar-refractivity contribution in [1.29, 1.82) is 0 Å². The molecule has 0 radical (unpaired) electrons. The standard InChI is InChI=1S/C22H29FN4O3S/c1-25(2)31(29,30)27(21-11-9-20(23)10-12-21)17-22(28)24-15-18-7-3-4-8-19(18)16-26-13-5-6-14-26/h3-4,7-12H,5-6,13-17H2,1-2H3,(H,24,28). The number of rotatable bonds is 9.